The normalized spacial score (nSPS) is 10.9. The number of nitrogens with one attached hydrogen (secondary N) is 1. The highest BCUT2D eigenvalue weighted by molar-refractivity contribution is 7.14. The van der Waals surface area contributed by atoms with Gasteiger partial charge in [-0.15, -0.1) is 11.3 Å². The minimum Gasteiger partial charge on any atom is -0.360 e. The van der Waals surface area contributed by atoms with Gasteiger partial charge in [-0.1, -0.05) is 6.92 Å². The minimum atomic E-state index is -0.450. The van der Waals surface area contributed by atoms with Crippen molar-refractivity contribution >= 4 is 33.7 Å². The van der Waals surface area contributed by atoms with Crippen LogP contribution in [0.4, 0.5) is 5.69 Å². The number of aryl methyl sites for hydroxylation is 1. The molecule has 0 bridgehead atoms. The smallest absolute Gasteiger partial charge is 0.271 e. The summed E-state index contributed by atoms with van der Waals surface area (Å²) in [5, 5.41) is 11.5. The molecule has 0 saturated carbocycles. The predicted octanol–water partition coefficient (Wildman–Crippen LogP) is 3.93. The Morgan fingerprint density at radius 2 is 2.14 bits per heavy atom. The monoisotopic (exact) mass is 300 g/mol. The van der Waals surface area contributed by atoms with Gasteiger partial charge in [0.15, 0.2) is 0 Å². The Morgan fingerprint density at radius 3 is 2.81 bits per heavy atom. The van der Waals surface area contributed by atoms with E-state index in [0.717, 1.165) is 11.3 Å². The van der Waals surface area contributed by atoms with Gasteiger partial charge in [-0.05, 0) is 24.6 Å². The first kappa shape index (κ1) is 13.5. The van der Waals surface area contributed by atoms with Gasteiger partial charge >= 0.3 is 0 Å². The number of H-pyrrole nitrogens is 1. The lowest BCUT2D eigenvalue weighted by Crippen LogP contribution is -1.97. The number of thiophene rings is 1. The molecule has 0 amide bonds. The molecular weight excluding hydrogens is 288 g/mol. The highest BCUT2D eigenvalue weighted by Crippen LogP contribution is 2.27. The summed E-state index contributed by atoms with van der Waals surface area (Å²) in [6, 6.07) is 8.26. The van der Waals surface area contributed by atoms with E-state index >= 15 is 0 Å². The van der Waals surface area contributed by atoms with Crippen molar-refractivity contribution in [2.75, 3.05) is 0 Å². The fourth-order valence-electron chi connectivity index (χ4n) is 2.24. The Morgan fingerprint density at radius 1 is 1.33 bits per heavy atom. The second-order valence-corrected chi connectivity index (χ2v) is 5.81. The number of carbonyl (C=O) groups excluding carboxylic acids is 1. The number of hydrogen-bond acceptors (Lipinski definition) is 4. The van der Waals surface area contributed by atoms with Crippen LogP contribution in [0.15, 0.2) is 36.5 Å². The van der Waals surface area contributed by atoms with Crippen molar-refractivity contribution in [2.24, 2.45) is 0 Å². The Balaban J connectivity index is 2.04. The van der Waals surface area contributed by atoms with E-state index in [4.69, 9.17) is 0 Å². The number of aromatic amines is 1. The highest BCUT2D eigenvalue weighted by atomic mass is 32.1. The first-order valence-electron chi connectivity index (χ1n) is 6.49. The van der Waals surface area contributed by atoms with Crippen LogP contribution < -0.4 is 0 Å². The third-order valence-electron chi connectivity index (χ3n) is 3.35. The Bertz CT molecular complexity index is 848. The van der Waals surface area contributed by atoms with Gasteiger partial charge in [0.05, 0.1) is 15.3 Å². The van der Waals surface area contributed by atoms with Crippen LogP contribution in [0.2, 0.25) is 0 Å². The number of non-ortho nitro benzene ring substituents is 1. The number of nitro groups is 1. The molecule has 6 heteroatoms. The summed E-state index contributed by atoms with van der Waals surface area (Å²) >= 11 is 1.48. The van der Waals surface area contributed by atoms with Crippen LogP contribution in [-0.4, -0.2) is 15.7 Å². The SMILES string of the molecule is CCc1ccc(C(=O)c2c[nH]c3cc([N+](=O)[O-])ccc23)s1. The standard InChI is InChI=1S/C15H12N2O3S/c1-2-10-4-6-14(21-10)15(18)12-8-16-13-7-9(17(19)20)3-5-11(12)13/h3-8,16H,2H2,1H3. The summed E-state index contributed by atoms with van der Waals surface area (Å²) in [5.41, 5.74) is 1.15. The number of aromatic nitrogens is 1. The second-order valence-electron chi connectivity index (χ2n) is 4.64. The third-order valence-corrected chi connectivity index (χ3v) is 4.58. The summed E-state index contributed by atoms with van der Waals surface area (Å²) < 4.78 is 0. The summed E-state index contributed by atoms with van der Waals surface area (Å²) in [5.74, 6) is -0.0557. The molecule has 106 valence electrons. The van der Waals surface area contributed by atoms with E-state index in [-0.39, 0.29) is 11.5 Å². The third kappa shape index (κ3) is 2.34. The van der Waals surface area contributed by atoms with Gasteiger partial charge in [-0.2, -0.15) is 0 Å². The maximum absolute atomic E-state index is 12.5. The van der Waals surface area contributed by atoms with Gasteiger partial charge in [0.2, 0.25) is 5.78 Å². The molecule has 0 unspecified atom stereocenters. The van der Waals surface area contributed by atoms with Gasteiger partial charge in [-0.25, -0.2) is 0 Å². The van der Waals surface area contributed by atoms with Crippen LogP contribution in [0.5, 0.6) is 0 Å². The summed E-state index contributed by atoms with van der Waals surface area (Å²) in [7, 11) is 0. The molecule has 0 fully saturated rings. The Labute approximate surface area is 124 Å². The number of hydrogen-bond donors (Lipinski definition) is 1. The molecular formula is C15H12N2O3S. The number of nitro benzene ring substituents is 1. The molecule has 0 radical (unpaired) electrons. The van der Waals surface area contributed by atoms with Crippen LogP contribution >= 0.6 is 11.3 Å². The Kier molecular flexibility index (Phi) is 3.31. The molecule has 1 aromatic carbocycles. The molecule has 0 aliphatic carbocycles. The van der Waals surface area contributed by atoms with Crippen molar-refractivity contribution in [3.05, 3.63) is 62.0 Å². The summed E-state index contributed by atoms with van der Waals surface area (Å²) in [4.78, 5) is 27.6. The lowest BCUT2D eigenvalue weighted by atomic mass is 10.1. The largest absolute Gasteiger partial charge is 0.360 e. The summed E-state index contributed by atoms with van der Waals surface area (Å²) in [6.07, 6.45) is 2.51. The van der Waals surface area contributed by atoms with Crippen molar-refractivity contribution in [2.45, 2.75) is 13.3 Å². The topological polar surface area (TPSA) is 76.0 Å². The van der Waals surface area contributed by atoms with E-state index in [1.807, 2.05) is 19.1 Å². The molecule has 2 heterocycles. The first-order valence-corrected chi connectivity index (χ1v) is 7.30. The molecule has 0 spiro atoms. The summed E-state index contributed by atoms with van der Waals surface area (Å²) in [6.45, 7) is 2.05. The van der Waals surface area contributed by atoms with Crippen LogP contribution in [0.1, 0.15) is 27.0 Å². The van der Waals surface area contributed by atoms with Crippen LogP contribution in [-0.2, 0) is 6.42 Å². The average Bonchev–Trinajstić information content (AvgIpc) is 3.12. The van der Waals surface area contributed by atoms with Crippen molar-refractivity contribution in [1.82, 2.24) is 4.98 Å². The van der Waals surface area contributed by atoms with E-state index in [0.29, 0.717) is 21.3 Å². The van der Waals surface area contributed by atoms with Crippen molar-refractivity contribution in [3.8, 4) is 0 Å². The van der Waals surface area contributed by atoms with Crippen LogP contribution in [0.3, 0.4) is 0 Å². The number of carbonyl (C=O) groups is 1. The maximum atomic E-state index is 12.5. The predicted molar refractivity (Wildman–Crippen MR) is 82.1 cm³/mol. The number of nitrogens with zero attached hydrogens (tertiary/aromatic N) is 1. The Hall–Kier alpha value is -2.47. The average molecular weight is 300 g/mol. The molecule has 3 aromatic rings. The maximum Gasteiger partial charge on any atom is 0.271 e. The van der Waals surface area contributed by atoms with E-state index in [1.54, 1.807) is 12.3 Å². The van der Waals surface area contributed by atoms with E-state index < -0.39 is 4.92 Å². The molecule has 5 nitrogen and oxygen atoms in total. The van der Waals surface area contributed by atoms with Crippen LogP contribution in [0.25, 0.3) is 10.9 Å². The quantitative estimate of drug-likeness (QED) is 0.450. The molecule has 3 rings (SSSR count). The molecule has 21 heavy (non-hydrogen) atoms. The van der Waals surface area contributed by atoms with Crippen molar-refractivity contribution in [1.29, 1.82) is 0 Å². The van der Waals surface area contributed by atoms with Gasteiger partial charge < -0.3 is 4.98 Å². The number of ketones is 1. The number of fused-ring (bicyclic) bond motifs is 1. The molecule has 1 N–H and O–H groups in total. The van der Waals surface area contributed by atoms with Gasteiger partial charge in [0.25, 0.3) is 5.69 Å². The molecule has 0 saturated heterocycles. The van der Waals surface area contributed by atoms with E-state index in [9.17, 15) is 14.9 Å². The molecule has 0 aliphatic heterocycles. The highest BCUT2D eigenvalue weighted by Gasteiger charge is 2.17. The lowest BCUT2D eigenvalue weighted by Gasteiger charge is -1.96. The lowest BCUT2D eigenvalue weighted by molar-refractivity contribution is -0.384. The second kappa shape index (κ2) is 5.14. The fourth-order valence-corrected chi connectivity index (χ4v) is 3.14. The van der Waals surface area contributed by atoms with Crippen molar-refractivity contribution in [3.63, 3.8) is 0 Å². The molecule has 2 aromatic heterocycles. The van der Waals surface area contributed by atoms with E-state index in [2.05, 4.69) is 4.98 Å². The zero-order chi connectivity index (χ0) is 15.0. The first-order chi connectivity index (χ1) is 10.1. The minimum absolute atomic E-state index is 0.00717. The zero-order valence-corrected chi connectivity index (χ0v) is 12.1. The van der Waals surface area contributed by atoms with Gasteiger partial charge in [-0.3, -0.25) is 14.9 Å². The zero-order valence-electron chi connectivity index (χ0n) is 11.3. The number of rotatable bonds is 4. The van der Waals surface area contributed by atoms with Crippen molar-refractivity contribution < 1.29 is 9.72 Å². The molecule has 0 atom stereocenters. The number of benzene rings is 1. The van der Waals surface area contributed by atoms with Gasteiger partial charge in [0.1, 0.15) is 0 Å². The van der Waals surface area contributed by atoms with E-state index in [1.165, 1.54) is 23.5 Å². The molecule has 0 aliphatic rings. The van der Waals surface area contributed by atoms with Gasteiger partial charge in [0, 0.05) is 34.2 Å². The van der Waals surface area contributed by atoms with Crippen LogP contribution in [0, 0.1) is 10.1 Å². The fraction of sp³-hybridized carbons (Fsp3) is 0.133.